The number of carbonyl (C=O) groups is 2. The highest BCUT2D eigenvalue weighted by Crippen LogP contribution is 2.43. The Balaban J connectivity index is 4.24. The van der Waals surface area contributed by atoms with E-state index in [1.165, 1.54) is 103 Å². The molecule has 0 aliphatic heterocycles. The van der Waals surface area contributed by atoms with Crippen molar-refractivity contribution in [3.8, 4) is 0 Å². The largest absolute Gasteiger partial charge is 0.480 e. The molecule has 0 spiro atoms. The summed E-state index contributed by atoms with van der Waals surface area (Å²) in [6, 6.07) is -1.47. The van der Waals surface area contributed by atoms with Crippen molar-refractivity contribution in [1.29, 1.82) is 0 Å². The van der Waals surface area contributed by atoms with E-state index in [0.29, 0.717) is 13.0 Å². The summed E-state index contributed by atoms with van der Waals surface area (Å²) < 4.78 is 33.4. The van der Waals surface area contributed by atoms with Gasteiger partial charge in [-0.15, -0.1) is 0 Å². The van der Waals surface area contributed by atoms with Crippen molar-refractivity contribution in [2.45, 2.75) is 212 Å². The van der Waals surface area contributed by atoms with Gasteiger partial charge in [0.05, 0.1) is 19.8 Å². The number of nitrogens with two attached hydrogens (primary N) is 1. The van der Waals surface area contributed by atoms with Gasteiger partial charge in [-0.25, -0.2) is 4.57 Å². The van der Waals surface area contributed by atoms with Crippen LogP contribution < -0.4 is 5.73 Å². The highest BCUT2D eigenvalue weighted by atomic mass is 31.2. The Labute approximate surface area is 342 Å². The normalized spacial score (nSPS) is 14.2. The van der Waals surface area contributed by atoms with E-state index in [-0.39, 0.29) is 13.0 Å². The first-order valence-corrected chi connectivity index (χ1v) is 24.0. The highest BCUT2D eigenvalue weighted by Gasteiger charge is 2.27. The van der Waals surface area contributed by atoms with E-state index in [4.69, 9.17) is 29.4 Å². The Morgan fingerprint density at radius 3 is 1.50 bits per heavy atom. The summed E-state index contributed by atoms with van der Waals surface area (Å²) in [5, 5.41) is 8.90. The van der Waals surface area contributed by atoms with E-state index in [2.05, 4.69) is 50.3 Å². The van der Waals surface area contributed by atoms with Gasteiger partial charge in [-0.05, 0) is 51.4 Å². The average Bonchev–Trinajstić information content (AvgIpc) is 3.18. The van der Waals surface area contributed by atoms with Crippen molar-refractivity contribution in [3.05, 3.63) is 36.5 Å². The average molecular weight is 814 g/mol. The molecule has 0 fully saturated rings. The van der Waals surface area contributed by atoms with Gasteiger partial charge in [-0.2, -0.15) is 0 Å². The number of unbranched alkanes of at least 4 members (excludes halogenated alkanes) is 23. The second kappa shape index (κ2) is 41.4. The number of ether oxygens (including phenoxy) is 2. The minimum atomic E-state index is -4.62. The van der Waals surface area contributed by atoms with Crippen LogP contribution in [0.1, 0.15) is 200 Å². The van der Waals surface area contributed by atoms with E-state index in [1.54, 1.807) is 0 Å². The van der Waals surface area contributed by atoms with Crippen molar-refractivity contribution >= 4 is 19.8 Å². The minimum Gasteiger partial charge on any atom is -0.480 e. The zero-order valence-electron chi connectivity index (χ0n) is 35.7. The van der Waals surface area contributed by atoms with Crippen molar-refractivity contribution in [2.75, 3.05) is 26.4 Å². The molecule has 11 heteroatoms. The molecule has 0 heterocycles. The molecule has 56 heavy (non-hydrogen) atoms. The van der Waals surface area contributed by atoms with Gasteiger partial charge in [0.25, 0.3) is 0 Å². The number of phosphoric acid groups is 1. The third kappa shape index (κ3) is 40.4. The van der Waals surface area contributed by atoms with Crippen LogP contribution in [0.4, 0.5) is 0 Å². The van der Waals surface area contributed by atoms with Gasteiger partial charge in [0.2, 0.25) is 0 Å². The Hall–Kier alpha value is -1.81. The summed E-state index contributed by atoms with van der Waals surface area (Å²) in [4.78, 5) is 33.6. The Bertz CT molecular complexity index is 1040. The lowest BCUT2D eigenvalue weighted by molar-refractivity contribution is -0.154. The quantitative estimate of drug-likeness (QED) is 0.0234. The van der Waals surface area contributed by atoms with Crippen molar-refractivity contribution < 1.29 is 42.7 Å². The van der Waals surface area contributed by atoms with Crippen LogP contribution in [0.5, 0.6) is 0 Å². The smallest absolute Gasteiger partial charge is 0.472 e. The van der Waals surface area contributed by atoms with Crippen LogP contribution in [0.2, 0.25) is 0 Å². The van der Waals surface area contributed by atoms with E-state index < -0.39 is 45.1 Å². The monoisotopic (exact) mass is 814 g/mol. The Kier molecular flexibility index (Phi) is 40.0. The molecule has 0 saturated carbocycles. The molecule has 4 N–H and O–H groups in total. The van der Waals surface area contributed by atoms with Gasteiger partial charge >= 0.3 is 19.8 Å². The molecule has 0 radical (unpaired) electrons. The fourth-order valence-corrected chi connectivity index (χ4v) is 6.92. The second-order valence-electron chi connectivity index (χ2n) is 15.2. The lowest BCUT2D eigenvalue weighted by Gasteiger charge is -2.20. The van der Waals surface area contributed by atoms with Crippen LogP contribution in [-0.2, 0) is 32.7 Å². The maximum atomic E-state index is 12.6. The molecule has 0 bridgehead atoms. The second-order valence-corrected chi connectivity index (χ2v) is 16.6. The van der Waals surface area contributed by atoms with Crippen LogP contribution in [0, 0.1) is 0 Å². The first kappa shape index (κ1) is 54.2. The van der Waals surface area contributed by atoms with Crippen LogP contribution in [0.25, 0.3) is 0 Å². The van der Waals surface area contributed by atoms with Crippen molar-refractivity contribution in [1.82, 2.24) is 0 Å². The molecule has 328 valence electrons. The van der Waals surface area contributed by atoms with Gasteiger partial charge in [-0.3, -0.25) is 18.6 Å². The molecule has 10 nitrogen and oxygen atoms in total. The zero-order valence-corrected chi connectivity index (χ0v) is 36.6. The van der Waals surface area contributed by atoms with Gasteiger partial charge in [0, 0.05) is 13.0 Å². The summed E-state index contributed by atoms with van der Waals surface area (Å²) >= 11 is 0. The van der Waals surface area contributed by atoms with E-state index in [9.17, 15) is 19.0 Å². The summed E-state index contributed by atoms with van der Waals surface area (Å²) in [5.74, 6) is -1.79. The van der Waals surface area contributed by atoms with Crippen molar-refractivity contribution in [3.63, 3.8) is 0 Å². The minimum absolute atomic E-state index is 0.0141. The van der Waals surface area contributed by atoms with Gasteiger partial charge in [-0.1, -0.05) is 179 Å². The molecular weight excluding hydrogens is 729 g/mol. The number of carboxylic acid groups (broad SMARTS) is 1. The third-order valence-electron chi connectivity index (χ3n) is 9.67. The molecule has 0 aliphatic rings. The van der Waals surface area contributed by atoms with E-state index >= 15 is 0 Å². The molecule has 0 rings (SSSR count). The summed E-state index contributed by atoms with van der Waals surface area (Å²) in [7, 11) is -4.62. The van der Waals surface area contributed by atoms with Crippen LogP contribution in [0.3, 0.4) is 0 Å². The number of phosphoric ester groups is 1. The molecule has 3 unspecified atom stereocenters. The number of carbonyl (C=O) groups excluding carboxylic acids is 1. The number of aliphatic carboxylic acids is 1. The fourth-order valence-electron chi connectivity index (χ4n) is 6.14. The molecular formula is C45H84NO9P. The third-order valence-corrected chi connectivity index (χ3v) is 10.6. The van der Waals surface area contributed by atoms with Gasteiger partial charge in [0.1, 0.15) is 12.1 Å². The summed E-state index contributed by atoms with van der Waals surface area (Å²) in [6.45, 7) is 3.86. The molecule has 0 aromatic rings. The maximum absolute atomic E-state index is 12.6. The number of allylic oxidation sites excluding steroid dienone is 6. The maximum Gasteiger partial charge on any atom is 0.472 e. The molecule has 0 amide bonds. The Morgan fingerprint density at radius 1 is 0.571 bits per heavy atom. The van der Waals surface area contributed by atoms with E-state index in [0.717, 1.165) is 70.6 Å². The highest BCUT2D eigenvalue weighted by molar-refractivity contribution is 7.47. The first-order valence-electron chi connectivity index (χ1n) is 22.5. The number of hydrogen-bond acceptors (Lipinski definition) is 8. The lowest BCUT2D eigenvalue weighted by atomic mass is 10.0. The van der Waals surface area contributed by atoms with Gasteiger partial charge < -0.3 is 25.2 Å². The number of carboxylic acids is 1. The first-order chi connectivity index (χ1) is 27.2. The molecule has 0 saturated heterocycles. The predicted molar refractivity (Wildman–Crippen MR) is 231 cm³/mol. The van der Waals surface area contributed by atoms with Crippen LogP contribution >= 0.6 is 7.82 Å². The zero-order chi connectivity index (χ0) is 41.2. The number of rotatable bonds is 43. The van der Waals surface area contributed by atoms with Gasteiger partial charge in [0.15, 0.2) is 0 Å². The van der Waals surface area contributed by atoms with Crippen LogP contribution in [-0.4, -0.2) is 60.5 Å². The number of hydrogen-bond donors (Lipinski definition) is 3. The predicted octanol–water partition coefficient (Wildman–Crippen LogP) is 12.5. The summed E-state index contributed by atoms with van der Waals surface area (Å²) in [5.41, 5.74) is 5.36. The fraction of sp³-hybridized carbons (Fsp3) is 0.822. The summed E-state index contributed by atoms with van der Waals surface area (Å²) in [6.07, 6.45) is 46.1. The van der Waals surface area contributed by atoms with E-state index in [1.807, 2.05) is 0 Å². The Morgan fingerprint density at radius 2 is 0.982 bits per heavy atom. The van der Waals surface area contributed by atoms with Crippen molar-refractivity contribution in [2.24, 2.45) is 5.73 Å². The topological polar surface area (TPSA) is 155 Å². The molecule has 3 atom stereocenters. The van der Waals surface area contributed by atoms with Crippen LogP contribution in [0.15, 0.2) is 36.5 Å². The molecule has 0 aromatic carbocycles. The molecule has 0 aliphatic carbocycles. The standard InChI is InChI=1S/C45H84NO9P/c1-3-5-7-9-11-13-15-17-19-20-21-22-23-25-27-29-31-33-35-37-44(47)55-42(40-53-56(50,51)54-41-43(46)45(48)49)39-52-38-36-34-32-30-28-26-24-18-16-14-12-10-8-6-4-2/h11,13,17,19,21-22,42-43H,3-10,12,14-16,18,20,23-41,46H2,1-2H3,(H,48,49)(H,50,51)/b13-11-,19-17-,22-21-. The number of esters is 1. The SMILES string of the molecule is CCCCC/C=C\C/C=C\C/C=C\CCCCCCCCC(=O)OC(COCCCCCCCCCCCCCCCCC)COP(=O)(O)OCC(N)C(=O)O. The molecule has 0 aromatic heterocycles. The lowest BCUT2D eigenvalue weighted by Crippen LogP contribution is -2.34.